The summed E-state index contributed by atoms with van der Waals surface area (Å²) >= 11 is 0. The molecule has 2 aromatic heterocycles. The van der Waals surface area contributed by atoms with Crippen LogP contribution >= 0.6 is 0 Å². The van der Waals surface area contributed by atoms with Gasteiger partial charge in [0.15, 0.2) is 5.92 Å². The Bertz CT molecular complexity index is 1290. The number of hydrogen-bond acceptors (Lipinski definition) is 5. The van der Waals surface area contributed by atoms with Crippen molar-refractivity contribution < 1.29 is 14.3 Å². The minimum Gasteiger partial charge on any atom is -0.465 e. The molecule has 0 N–H and O–H groups in total. The van der Waals surface area contributed by atoms with Crippen molar-refractivity contribution in [3.05, 3.63) is 90.3 Å². The van der Waals surface area contributed by atoms with E-state index < -0.39 is 17.9 Å². The molecule has 1 aliphatic rings. The Kier molecular flexibility index (Phi) is 5.60. The number of rotatable bonds is 6. The number of esters is 1. The van der Waals surface area contributed by atoms with E-state index in [4.69, 9.17) is 9.72 Å². The first-order valence-electron chi connectivity index (χ1n) is 11.1. The number of aromatic nitrogens is 3. The van der Waals surface area contributed by atoms with E-state index in [0.717, 1.165) is 22.2 Å². The number of imidazole rings is 1. The maximum absolute atomic E-state index is 13.8. The molecule has 7 nitrogen and oxygen atoms in total. The van der Waals surface area contributed by atoms with Crippen LogP contribution in [0.2, 0.25) is 0 Å². The maximum atomic E-state index is 13.8. The molecule has 0 aliphatic carbocycles. The third-order valence-corrected chi connectivity index (χ3v) is 6.00. The van der Waals surface area contributed by atoms with Gasteiger partial charge in [-0.05, 0) is 48.7 Å². The smallest absolute Gasteiger partial charge is 0.321 e. The van der Waals surface area contributed by atoms with Crippen molar-refractivity contribution >= 4 is 28.9 Å². The van der Waals surface area contributed by atoms with Crippen LogP contribution in [0.4, 0.5) is 5.95 Å². The first-order chi connectivity index (χ1) is 16.2. The molecule has 0 bridgehead atoms. The Morgan fingerprint density at radius 2 is 1.73 bits per heavy atom. The summed E-state index contributed by atoms with van der Waals surface area (Å²) in [6.45, 7) is 2.36. The van der Waals surface area contributed by atoms with Crippen LogP contribution in [-0.4, -0.2) is 39.6 Å². The number of amides is 1. The van der Waals surface area contributed by atoms with Gasteiger partial charge < -0.3 is 9.30 Å². The second-order valence-corrected chi connectivity index (χ2v) is 7.95. The molecular formula is C26H24N4O3. The molecule has 2 aromatic carbocycles. The molecule has 5 rings (SSSR count). The number of fused-ring (bicyclic) bond motifs is 3. The predicted octanol–water partition coefficient (Wildman–Crippen LogP) is 3.79. The summed E-state index contributed by atoms with van der Waals surface area (Å²) in [6.07, 6.45) is 3.98. The van der Waals surface area contributed by atoms with Crippen molar-refractivity contribution in [2.24, 2.45) is 5.92 Å². The fourth-order valence-corrected chi connectivity index (χ4v) is 4.51. The zero-order valence-corrected chi connectivity index (χ0v) is 18.3. The van der Waals surface area contributed by atoms with Gasteiger partial charge in [0, 0.05) is 18.9 Å². The van der Waals surface area contributed by atoms with Crippen LogP contribution in [0.3, 0.4) is 0 Å². The van der Waals surface area contributed by atoms with E-state index in [2.05, 4.69) is 4.98 Å². The van der Waals surface area contributed by atoms with Crippen LogP contribution in [0.15, 0.2) is 79.1 Å². The summed E-state index contributed by atoms with van der Waals surface area (Å²) in [5, 5.41) is 0. The lowest BCUT2D eigenvalue weighted by Crippen LogP contribution is -2.50. The summed E-state index contributed by atoms with van der Waals surface area (Å²) in [7, 11) is 0. The molecule has 0 saturated carbocycles. The third kappa shape index (κ3) is 3.75. The Morgan fingerprint density at radius 1 is 1.00 bits per heavy atom. The lowest BCUT2D eigenvalue weighted by Gasteiger charge is -2.38. The lowest BCUT2D eigenvalue weighted by atomic mass is 9.89. The van der Waals surface area contributed by atoms with Gasteiger partial charge in [0.05, 0.1) is 23.7 Å². The number of benzene rings is 2. The van der Waals surface area contributed by atoms with Crippen molar-refractivity contribution in [2.75, 3.05) is 18.1 Å². The zero-order chi connectivity index (χ0) is 22.8. The molecule has 33 heavy (non-hydrogen) atoms. The van der Waals surface area contributed by atoms with Gasteiger partial charge in [-0.1, -0.05) is 42.5 Å². The Hall–Kier alpha value is -4.00. The summed E-state index contributed by atoms with van der Waals surface area (Å²) in [6, 6.07) is 20.8. The van der Waals surface area contributed by atoms with E-state index in [9.17, 15) is 9.59 Å². The molecule has 3 heterocycles. The first-order valence-corrected chi connectivity index (χ1v) is 11.1. The fraction of sp³-hybridized carbons (Fsp3) is 0.231. The molecule has 4 aromatic rings. The molecule has 0 radical (unpaired) electrons. The minimum atomic E-state index is -1.02. The van der Waals surface area contributed by atoms with E-state index >= 15 is 0 Å². The summed E-state index contributed by atoms with van der Waals surface area (Å²) in [5.74, 6) is -1.31. The largest absolute Gasteiger partial charge is 0.465 e. The van der Waals surface area contributed by atoms with Crippen molar-refractivity contribution in [3.8, 4) is 0 Å². The van der Waals surface area contributed by atoms with Gasteiger partial charge in [-0.3, -0.25) is 19.5 Å². The average molecular weight is 441 g/mol. The highest BCUT2D eigenvalue weighted by Crippen LogP contribution is 2.41. The van der Waals surface area contributed by atoms with Crippen LogP contribution in [0, 0.1) is 5.92 Å². The van der Waals surface area contributed by atoms with Crippen LogP contribution in [-0.2, 0) is 20.7 Å². The van der Waals surface area contributed by atoms with Gasteiger partial charge in [-0.15, -0.1) is 0 Å². The van der Waals surface area contributed by atoms with Crippen LogP contribution in [0.1, 0.15) is 24.1 Å². The number of anilines is 1. The van der Waals surface area contributed by atoms with Crippen LogP contribution in [0.5, 0.6) is 0 Å². The zero-order valence-electron chi connectivity index (χ0n) is 18.3. The highest BCUT2D eigenvalue weighted by Gasteiger charge is 2.47. The summed E-state index contributed by atoms with van der Waals surface area (Å²) < 4.78 is 7.38. The Labute approximate surface area is 191 Å². The van der Waals surface area contributed by atoms with E-state index in [1.165, 1.54) is 0 Å². The van der Waals surface area contributed by atoms with Crippen molar-refractivity contribution in [1.29, 1.82) is 0 Å². The molecule has 0 spiro atoms. The minimum absolute atomic E-state index is 0.202. The number of carbonyl (C=O) groups excluding carboxylic acids is 2. The van der Waals surface area contributed by atoms with Gasteiger partial charge in [-0.2, -0.15) is 0 Å². The molecule has 7 heteroatoms. The number of carbonyl (C=O) groups is 2. The molecule has 1 amide bonds. The molecule has 2 atom stereocenters. The second kappa shape index (κ2) is 8.86. The van der Waals surface area contributed by atoms with E-state index in [-0.39, 0.29) is 12.5 Å². The second-order valence-electron chi connectivity index (χ2n) is 7.95. The van der Waals surface area contributed by atoms with E-state index in [0.29, 0.717) is 18.9 Å². The van der Waals surface area contributed by atoms with E-state index in [1.807, 2.05) is 71.3 Å². The van der Waals surface area contributed by atoms with Gasteiger partial charge >= 0.3 is 5.97 Å². The van der Waals surface area contributed by atoms with Crippen LogP contribution < -0.4 is 4.90 Å². The maximum Gasteiger partial charge on any atom is 0.321 e. The SMILES string of the molecule is CCOC(=O)[C@@H]1C(=O)N(CCc2ccccc2)c2nc3ccccc3n2[C@@H]1c1ccncc1. The summed E-state index contributed by atoms with van der Waals surface area (Å²) in [5.41, 5.74) is 3.55. The fourth-order valence-electron chi connectivity index (χ4n) is 4.51. The molecule has 166 valence electrons. The highest BCUT2D eigenvalue weighted by atomic mass is 16.5. The lowest BCUT2D eigenvalue weighted by molar-refractivity contribution is -0.153. The predicted molar refractivity (Wildman–Crippen MR) is 125 cm³/mol. The molecule has 0 fully saturated rings. The molecule has 0 saturated heterocycles. The van der Waals surface area contributed by atoms with Crippen LogP contribution in [0.25, 0.3) is 11.0 Å². The third-order valence-electron chi connectivity index (χ3n) is 6.00. The Morgan fingerprint density at radius 3 is 2.48 bits per heavy atom. The quantitative estimate of drug-likeness (QED) is 0.337. The van der Waals surface area contributed by atoms with Gasteiger partial charge in [0.2, 0.25) is 11.9 Å². The molecule has 0 unspecified atom stereocenters. The number of ether oxygens (including phenoxy) is 1. The standard InChI is InChI=1S/C26H24N4O3/c1-2-33-25(32)22-23(19-12-15-27-16-13-19)30-21-11-7-6-10-20(21)28-26(30)29(24(22)31)17-14-18-8-4-3-5-9-18/h3-13,15-16,22-23H,2,14,17H2,1H3/t22-,23+/m0/s1. The highest BCUT2D eigenvalue weighted by molar-refractivity contribution is 6.08. The van der Waals surface area contributed by atoms with Crippen molar-refractivity contribution in [3.63, 3.8) is 0 Å². The number of pyridine rings is 1. The monoisotopic (exact) mass is 440 g/mol. The summed E-state index contributed by atoms with van der Waals surface area (Å²) in [4.78, 5) is 37.6. The van der Waals surface area contributed by atoms with Crippen molar-refractivity contribution in [2.45, 2.75) is 19.4 Å². The van der Waals surface area contributed by atoms with E-state index in [1.54, 1.807) is 24.2 Å². The Balaban J connectivity index is 1.67. The van der Waals surface area contributed by atoms with Crippen molar-refractivity contribution in [1.82, 2.24) is 14.5 Å². The molecule has 1 aliphatic heterocycles. The van der Waals surface area contributed by atoms with Gasteiger partial charge in [-0.25, -0.2) is 4.98 Å². The van der Waals surface area contributed by atoms with Gasteiger partial charge in [0.25, 0.3) is 0 Å². The molecular weight excluding hydrogens is 416 g/mol. The van der Waals surface area contributed by atoms with Gasteiger partial charge in [0.1, 0.15) is 0 Å². The normalized spacial score (nSPS) is 17.7. The number of para-hydroxylation sites is 2. The number of hydrogen-bond donors (Lipinski definition) is 0. The first kappa shape index (κ1) is 20.9. The average Bonchev–Trinajstić information content (AvgIpc) is 3.23. The topological polar surface area (TPSA) is 77.3 Å². The number of nitrogens with zero attached hydrogens (tertiary/aromatic N) is 4.